The molecule has 176 valence electrons. The summed E-state index contributed by atoms with van der Waals surface area (Å²) in [6, 6.07) is 17.9. The molecule has 1 heterocycles. The molecule has 4 atom stereocenters. The molecule has 0 amide bonds. The van der Waals surface area contributed by atoms with Crippen LogP contribution in [0.4, 0.5) is 4.39 Å². The van der Waals surface area contributed by atoms with Crippen molar-refractivity contribution in [3.63, 3.8) is 0 Å². The van der Waals surface area contributed by atoms with Gasteiger partial charge in [-0.2, -0.15) is 0 Å². The number of rotatable bonds is 8. The fraction of sp³-hybridized carbons (Fsp3) is 0.520. The second-order valence-corrected chi connectivity index (χ2v) is 17.0. The first-order valence-corrected chi connectivity index (χ1v) is 15.8. The summed E-state index contributed by atoms with van der Waals surface area (Å²) in [7, 11) is -0.504. The summed E-state index contributed by atoms with van der Waals surface area (Å²) in [5, 5.41) is 0.0158. The molecule has 7 heteroatoms. The van der Waals surface area contributed by atoms with Crippen molar-refractivity contribution in [3.8, 4) is 5.75 Å². The molecule has 0 radical (unpaired) electrons. The van der Waals surface area contributed by atoms with Gasteiger partial charge in [0.05, 0.1) is 0 Å². The van der Waals surface area contributed by atoms with Crippen LogP contribution in [0, 0.1) is 0 Å². The van der Waals surface area contributed by atoms with Gasteiger partial charge in [-0.05, 0) is 0 Å². The van der Waals surface area contributed by atoms with Gasteiger partial charge in [-0.3, -0.25) is 0 Å². The second-order valence-electron chi connectivity index (χ2n) is 9.62. The number of hydrogen-bond acceptors (Lipinski definition) is 4. The molecule has 1 aliphatic heterocycles. The van der Waals surface area contributed by atoms with E-state index in [1.165, 1.54) is 0 Å². The quantitative estimate of drug-likeness (QED) is 0.449. The van der Waals surface area contributed by atoms with Crippen LogP contribution in [0.15, 0.2) is 54.6 Å². The van der Waals surface area contributed by atoms with Crippen LogP contribution in [0.2, 0.25) is 22.9 Å². The Morgan fingerprint density at radius 2 is 1.72 bits per heavy atom. The molecule has 0 bridgehead atoms. The number of benzene rings is 2. The molecule has 0 saturated carbocycles. The zero-order valence-corrected chi connectivity index (χ0v) is 22.6. The summed E-state index contributed by atoms with van der Waals surface area (Å²) in [4.78, 5) is -0.367. The average Bonchev–Trinajstić information content (AvgIpc) is 2.76. The molecule has 1 unspecified atom stereocenters. The number of methoxy groups -OCH3 is 1. The van der Waals surface area contributed by atoms with Crippen molar-refractivity contribution in [3.05, 3.63) is 60.2 Å². The second kappa shape index (κ2) is 10.8. The number of ether oxygens (including phenoxy) is 3. The first kappa shape index (κ1) is 25.4. The molecule has 0 N–H and O–H groups in total. The number of halogens is 1. The molecule has 4 nitrogen and oxygen atoms in total. The van der Waals surface area contributed by atoms with E-state index in [4.69, 9.17) is 18.6 Å². The van der Waals surface area contributed by atoms with Crippen LogP contribution < -0.4 is 9.20 Å². The van der Waals surface area contributed by atoms with E-state index in [-0.39, 0.29) is 43.6 Å². The molecule has 3 rings (SSSR count). The number of alkyl halides is 1. The third-order valence-corrected chi connectivity index (χ3v) is 13.4. The molecular formula is C25H35FO4SeSi. The topological polar surface area (TPSA) is 36.9 Å². The van der Waals surface area contributed by atoms with Gasteiger partial charge in [-0.15, -0.1) is 0 Å². The van der Waals surface area contributed by atoms with Gasteiger partial charge in [0.2, 0.25) is 0 Å². The molecule has 2 aromatic carbocycles. The van der Waals surface area contributed by atoms with Crippen LogP contribution in [-0.4, -0.2) is 55.6 Å². The Balaban J connectivity index is 1.82. The fourth-order valence-electron chi connectivity index (χ4n) is 3.24. The van der Waals surface area contributed by atoms with Crippen LogP contribution in [0.1, 0.15) is 26.3 Å². The zero-order chi connectivity index (χ0) is 23.4. The Morgan fingerprint density at radius 3 is 2.31 bits per heavy atom. The Bertz CT molecular complexity index is 841. The van der Waals surface area contributed by atoms with Gasteiger partial charge in [-0.1, -0.05) is 0 Å². The monoisotopic (exact) mass is 526 g/mol. The van der Waals surface area contributed by atoms with Crippen LogP contribution in [0.5, 0.6) is 5.75 Å². The average molecular weight is 526 g/mol. The normalized spacial score (nSPS) is 24.3. The van der Waals surface area contributed by atoms with E-state index >= 15 is 4.39 Å². The van der Waals surface area contributed by atoms with Crippen molar-refractivity contribution in [2.45, 2.75) is 68.9 Å². The predicted octanol–water partition coefficient (Wildman–Crippen LogP) is 5.11. The molecule has 0 aromatic heterocycles. The van der Waals surface area contributed by atoms with E-state index in [1.54, 1.807) is 7.11 Å². The van der Waals surface area contributed by atoms with E-state index in [0.29, 0.717) is 6.61 Å². The molecule has 0 aliphatic carbocycles. The van der Waals surface area contributed by atoms with Gasteiger partial charge in [-0.25, -0.2) is 0 Å². The Hall–Kier alpha value is -1.21. The van der Waals surface area contributed by atoms with Crippen molar-refractivity contribution >= 4 is 27.7 Å². The molecular weight excluding hydrogens is 490 g/mol. The number of hydrogen-bond donors (Lipinski definition) is 0. The SMILES string of the molecule is COc1ccc(CO[C@@H]2COC(F)[C@@H]([Se]c3ccccc3)[C@H]2O[Si](C)(C)C(C)(C)C)cc1. The summed E-state index contributed by atoms with van der Waals surface area (Å²) in [5.41, 5.74) is 1.03. The minimum atomic E-state index is -2.15. The summed E-state index contributed by atoms with van der Waals surface area (Å²) in [6.45, 7) is 11.6. The van der Waals surface area contributed by atoms with Gasteiger partial charge in [0.1, 0.15) is 0 Å². The summed E-state index contributed by atoms with van der Waals surface area (Å²) >= 11 is -0.143. The van der Waals surface area contributed by atoms with Crippen molar-refractivity contribution < 1.29 is 23.0 Å². The van der Waals surface area contributed by atoms with Crippen molar-refractivity contribution in [1.29, 1.82) is 0 Å². The van der Waals surface area contributed by atoms with Crippen LogP contribution in [-0.2, 0) is 20.5 Å². The molecule has 32 heavy (non-hydrogen) atoms. The summed E-state index contributed by atoms with van der Waals surface area (Å²) in [6.07, 6.45) is -2.03. The maximum absolute atomic E-state index is 15.1. The van der Waals surface area contributed by atoms with Crippen LogP contribution >= 0.6 is 0 Å². The minimum absolute atomic E-state index is 0.0158. The molecule has 1 saturated heterocycles. The summed E-state index contributed by atoms with van der Waals surface area (Å²) < 4.78 is 40.2. The standard InChI is InChI=1S/C25H35FO4SeSi/c1-25(2,3)32(5,6)30-22-21(28-16-18-12-14-19(27-4)15-13-18)17-29-24(26)23(22)31-20-10-8-7-9-11-20/h7-15,21-24H,16-17H2,1-6H3/t21-,22+,23+,24?/m1/s1. The Kier molecular flexibility index (Phi) is 8.58. The third-order valence-electron chi connectivity index (χ3n) is 6.24. The van der Waals surface area contributed by atoms with Gasteiger partial charge in [0.15, 0.2) is 0 Å². The van der Waals surface area contributed by atoms with Gasteiger partial charge in [0.25, 0.3) is 0 Å². The van der Waals surface area contributed by atoms with E-state index in [0.717, 1.165) is 15.8 Å². The molecule has 0 spiro atoms. The van der Waals surface area contributed by atoms with Crippen molar-refractivity contribution in [2.75, 3.05) is 13.7 Å². The fourth-order valence-corrected chi connectivity index (χ4v) is 7.27. The van der Waals surface area contributed by atoms with Crippen molar-refractivity contribution in [1.82, 2.24) is 0 Å². The first-order chi connectivity index (χ1) is 15.1. The van der Waals surface area contributed by atoms with Crippen LogP contribution in [0.3, 0.4) is 0 Å². The zero-order valence-electron chi connectivity index (χ0n) is 19.8. The van der Waals surface area contributed by atoms with E-state index in [9.17, 15) is 0 Å². The van der Waals surface area contributed by atoms with E-state index < -0.39 is 14.7 Å². The first-order valence-electron chi connectivity index (χ1n) is 11.0. The van der Waals surface area contributed by atoms with E-state index in [2.05, 4.69) is 46.0 Å². The maximum atomic E-state index is 15.1. The molecule has 1 fully saturated rings. The van der Waals surface area contributed by atoms with Gasteiger partial charge in [0, 0.05) is 0 Å². The van der Waals surface area contributed by atoms with Crippen molar-refractivity contribution in [2.24, 2.45) is 0 Å². The third kappa shape index (κ3) is 6.43. The van der Waals surface area contributed by atoms with Crippen LogP contribution in [0.25, 0.3) is 0 Å². The molecule has 1 aliphatic rings. The summed E-state index contributed by atoms with van der Waals surface area (Å²) in [5.74, 6) is 0.805. The van der Waals surface area contributed by atoms with Gasteiger partial charge >= 0.3 is 199 Å². The molecule has 2 aromatic rings. The predicted molar refractivity (Wildman–Crippen MR) is 130 cm³/mol. The van der Waals surface area contributed by atoms with Gasteiger partial charge < -0.3 is 0 Å². The Morgan fingerprint density at radius 1 is 1.06 bits per heavy atom. The van der Waals surface area contributed by atoms with E-state index in [1.807, 2.05) is 42.5 Å². The Labute approximate surface area is 199 Å².